The summed E-state index contributed by atoms with van der Waals surface area (Å²) in [6.07, 6.45) is 11.5. The Bertz CT molecular complexity index is 140. The average Bonchev–Trinajstić information content (AvgIpc) is 2.15. The van der Waals surface area contributed by atoms with E-state index in [9.17, 15) is 0 Å². The highest BCUT2D eigenvalue weighted by molar-refractivity contribution is 4.93. The van der Waals surface area contributed by atoms with Crippen LogP contribution in [-0.2, 0) is 0 Å². The van der Waals surface area contributed by atoms with E-state index in [1.165, 1.54) is 32.1 Å². The molecule has 1 rings (SSSR count). The zero-order valence-electron chi connectivity index (χ0n) is 8.13. The van der Waals surface area contributed by atoms with Crippen LogP contribution in [0.4, 0.5) is 0 Å². The van der Waals surface area contributed by atoms with Crippen LogP contribution in [0.25, 0.3) is 0 Å². The fourth-order valence-corrected chi connectivity index (χ4v) is 2.25. The van der Waals surface area contributed by atoms with Crippen LogP contribution >= 0.6 is 0 Å². The summed E-state index contributed by atoms with van der Waals surface area (Å²) in [6.45, 7) is 3.01. The second-order valence-corrected chi connectivity index (χ2v) is 3.78. The van der Waals surface area contributed by atoms with E-state index in [2.05, 4.69) is 19.1 Å². The van der Waals surface area contributed by atoms with E-state index in [-0.39, 0.29) is 0 Å². The lowest BCUT2D eigenvalue weighted by Crippen LogP contribution is -2.17. The van der Waals surface area contributed by atoms with Gasteiger partial charge in [0.05, 0.1) is 0 Å². The third kappa shape index (κ3) is 2.63. The van der Waals surface area contributed by atoms with Gasteiger partial charge in [-0.25, -0.2) is 0 Å². The molecule has 1 aliphatic carbocycles. The van der Waals surface area contributed by atoms with E-state index in [0.717, 1.165) is 11.8 Å². The van der Waals surface area contributed by atoms with Gasteiger partial charge in [-0.2, -0.15) is 0 Å². The quantitative estimate of drug-likeness (QED) is 0.643. The third-order valence-corrected chi connectivity index (χ3v) is 3.01. The van der Waals surface area contributed by atoms with Gasteiger partial charge in [0, 0.05) is 6.54 Å². The van der Waals surface area contributed by atoms with E-state index in [1.54, 1.807) is 0 Å². The van der Waals surface area contributed by atoms with Gasteiger partial charge in [-0.3, -0.25) is 0 Å². The summed E-state index contributed by atoms with van der Waals surface area (Å²) in [5.74, 6) is 1.76. The Kier molecular flexibility index (Phi) is 4.37. The molecular formula is C11H21N. The zero-order valence-corrected chi connectivity index (χ0v) is 8.13. The van der Waals surface area contributed by atoms with E-state index in [0.29, 0.717) is 6.54 Å². The third-order valence-electron chi connectivity index (χ3n) is 3.01. The van der Waals surface area contributed by atoms with Crippen molar-refractivity contribution in [2.45, 2.75) is 39.0 Å². The predicted molar refractivity (Wildman–Crippen MR) is 53.9 cm³/mol. The summed E-state index contributed by atoms with van der Waals surface area (Å²) in [4.78, 5) is 0. The van der Waals surface area contributed by atoms with Crippen LogP contribution in [0.5, 0.6) is 0 Å². The Morgan fingerprint density at radius 1 is 1.33 bits per heavy atom. The summed E-state index contributed by atoms with van der Waals surface area (Å²) in [5.41, 5.74) is 5.45. The summed E-state index contributed by atoms with van der Waals surface area (Å²) in [7, 11) is 0. The molecule has 1 heteroatoms. The molecule has 2 atom stereocenters. The number of allylic oxidation sites excluding steroid dienone is 1. The first-order valence-corrected chi connectivity index (χ1v) is 5.25. The van der Waals surface area contributed by atoms with Gasteiger partial charge >= 0.3 is 0 Å². The van der Waals surface area contributed by atoms with Crippen LogP contribution in [0, 0.1) is 11.8 Å². The van der Waals surface area contributed by atoms with Crippen LogP contribution in [0.1, 0.15) is 39.0 Å². The number of hydrogen-bond acceptors (Lipinski definition) is 1. The van der Waals surface area contributed by atoms with Gasteiger partial charge in [-0.05, 0) is 24.7 Å². The van der Waals surface area contributed by atoms with E-state index in [1.807, 2.05) is 0 Å². The van der Waals surface area contributed by atoms with E-state index >= 15 is 0 Å². The lowest BCUT2D eigenvalue weighted by Gasteiger charge is -2.28. The Morgan fingerprint density at radius 2 is 2.08 bits per heavy atom. The Labute approximate surface area is 76.0 Å². The Morgan fingerprint density at radius 3 is 2.75 bits per heavy atom. The maximum absolute atomic E-state index is 5.45. The summed E-state index contributed by atoms with van der Waals surface area (Å²) in [6, 6.07) is 0. The minimum Gasteiger partial charge on any atom is -0.327 e. The lowest BCUT2D eigenvalue weighted by atomic mass is 9.78. The van der Waals surface area contributed by atoms with Crippen LogP contribution < -0.4 is 5.73 Å². The number of nitrogens with two attached hydrogens (primary N) is 1. The summed E-state index contributed by atoms with van der Waals surface area (Å²) < 4.78 is 0. The van der Waals surface area contributed by atoms with Gasteiger partial charge in [0.1, 0.15) is 0 Å². The normalized spacial score (nSPS) is 31.2. The zero-order chi connectivity index (χ0) is 8.81. The van der Waals surface area contributed by atoms with Gasteiger partial charge in [0.2, 0.25) is 0 Å². The van der Waals surface area contributed by atoms with Crippen molar-refractivity contribution in [1.29, 1.82) is 0 Å². The monoisotopic (exact) mass is 167 g/mol. The van der Waals surface area contributed by atoms with Gasteiger partial charge < -0.3 is 5.73 Å². The first-order chi connectivity index (χ1) is 5.88. The second kappa shape index (κ2) is 5.36. The van der Waals surface area contributed by atoms with Gasteiger partial charge in [0.15, 0.2) is 0 Å². The predicted octanol–water partition coefficient (Wildman–Crippen LogP) is 2.72. The Balaban J connectivity index is 2.41. The van der Waals surface area contributed by atoms with Crippen LogP contribution in [-0.4, -0.2) is 6.54 Å². The van der Waals surface area contributed by atoms with Crippen molar-refractivity contribution in [2.24, 2.45) is 17.6 Å². The maximum atomic E-state index is 5.45. The van der Waals surface area contributed by atoms with Gasteiger partial charge in [-0.15, -0.1) is 0 Å². The molecule has 0 aromatic heterocycles. The lowest BCUT2D eigenvalue weighted by molar-refractivity contribution is 0.276. The molecule has 2 unspecified atom stereocenters. The molecule has 0 aromatic rings. The van der Waals surface area contributed by atoms with Crippen molar-refractivity contribution in [3.63, 3.8) is 0 Å². The summed E-state index contributed by atoms with van der Waals surface area (Å²) >= 11 is 0. The maximum Gasteiger partial charge on any atom is 0.0106 e. The van der Waals surface area contributed by atoms with Gasteiger partial charge in [-0.1, -0.05) is 38.3 Å². The molecule has 0 aromatic carbocycles. The van der Waals surface area contributed by atoms with Crippen molar-refractivity contribution in [1.82, 2.24) is 0 Å². The topological polar surface area (TPSA) is 26.0 Å². The first kappa shape index (κ1) is 9.79. The molecule has 1 nitrogen and oxygen atoms in total. The molecule has 0 spiro atoms. The van der Waals surface area contributed by atoms with Crippen LogP contribution in [0.3, 0.4) is 0 Å². The molecule has 0 aliphatic heterocycles. The summed E-state index contributed by atoms with van der Waals surface area (Å²) in [5, 5.41) is 0. The molecular weight excluding hydrogens is 146 g/mol. The first-order valence-electron chi connectivity index (χ1n) is 5.25. The molecule has 12 heavy (non-hydrogen) atoms. The van der Waals surface area contributed by atoms with Crippen molar-refractivity contribution in [3.05, 3.63) is 12.2 Å². The molecule has 0 saturated heterocycles. The highest BCUT2D eigenvalue weighted by atomic mass is 14.5. The number of rotatable bonds is 3. The smallest absolute Gasteiger partial charge is 0.0106 e. The molecule has 1 fully saturated rings. The van der Waals surface area contributed by atoms with Crippen molar-refractivity contribution in [3.8, 4) is 0 Å². The molecule has 0 heterocycles. The fraction of sp³-hybridized carbons (Fsp3) is 0.818. The standard InChI is InChI=1S/C11H21N/c1-2-10-6-3-4-7-11(10)8-5-9-12/h5,8,10-11H,2-4,6-7,9,12H2,1H3/b8-5+. The Hall–Kier alpha value is -0.300. The molecule has 0 amide bonds. The minimum atomic E-state index is 0.701. The van der Waals surface area contributed by atoms with Crippen molar-refractivity contribution < 1.29 is 0 Å². The van der Waals surface area contributed by atoms with Crippen molar-refractivity contribution in [2.75, 3.05) is 6.54 Å². The molecule has 0 bridgehead atoms. The molecule has 70 valence electrons. The second-order valence-electron chi connectivity index (χ2n) is 3.78. The molecule has 1 aliphatic rings. The molecule has 1 saturated carbocycles. The highest BCUT2D eigenvalue weighted by Gasteiger charge is 2.20. The van der Waals surface area contributed by atoms with Crippen molar-refractivity contribution >= 4 is 0 Å². The van der Waals surface area contributed by atoms with Gasteiger partial charge in [0.25, 0.3) is 0 Å². The van der Waals surface area contributed by atoms with Crippen LogP contribution in [0.2, 0.25) is 0 Å². The minimum absolute atomic E-state index is 0.701. The van der Waals surface area contributed by atoms with Crippen LogP contribution in [0.15, 0.2) is 12.2 Å². The van der Waals surface area contributed by atoms with E-state index in [4.69, 9.17) is 5.73 Å². The van der Waals surface area contributed by atoms with E-state index < -0.39 is 0 Å². The molecule has 0 radical (unpaired) electrons. The number of hydrogen-bond donors (Lipinski definition) is 1. The molecule has 2 N–H and O–H groups in total. The SMILES string of the molecule is CCC1CCCCC1/C=C/CN. The average molecular weight is 167 g/mol. The largest absolute Gasteiger partial charge is 0.327 e. The highest BCUT2D eigenvalue weighted by Crippen LogP contribution is 2.32. The fourth-order valence-electron chi connectivity index (χ4n) is 2.25.